The van der Waals surface area contributed by atoms with Crippen molar-refractivity contribution < 1.29 is 36.1 Å². The summed E-state index contributed by atoms with van der Waals surface area (Å²) in [5, 5.41) is 8.28. The number of oxime groups is 1. The van der Waals surface area contributed by atoms with Crippen LogP contribution in [-0.2, 0) is 26.3 Å². The number of nitrogens with one attached hydrogen (secondary N) is 1. The third-order valence-corrected chi connectivity index (χ3v) is 12.8. The molecule has 0 spiro atoms. The summed E-state index contributed by atoms with van der Waals surface area (Å²) in [5.41, 5.74) is 4.82. The van der Waals surface area contributed by atoms with Gasteiger partial charge >= 0.3 is 5.97 Å². The minimum atomic E-state index is -0.176. The Labute approximate surface area is 305 Å². The van der Waals surface area contributed by atoms with Crippen molar-refractivity contribution >= 4 is 34.1 Å². The molecule has 8 nitrogen and oxygen atoms in total. The second kappa shape index (κ2) is 16.2. The molecular weight excluding hydrogens is 656 g/mol. The Morgan fingerprint density at radius 1 is 1.14 bits per heavy atom. The maximum Gasteiger partial charge on any atom is 0.367 e. The molecule has 3 unspecified atom stereocenters. The van der Waals surface area contributed by atoms with E-state index in [1.807, 2.05) is 6.92 Å². The molecule has 5 rings (SSSR count). The van der Waals surface area contributed by atoms with Crippen molar-refractivity contribution in [3.63, 3.8) is 0 Å². The van der Waals surface area contributed by atoms with Crippen LogP contribution in [0.1, 0.15) is 122 Å². The maximum atomic E-state index is 13.4. The minimum absolute atomic E-state index is 0. The summed E-state index contributed by atoms with van der Waals surface area (Å²) < 4.78 is 6.99. The first-order valence-electron chi connectivity index (χ1n) is 17.8. The Morgan fingerprint density at radius 3 is 2.43 bits per heavy atom. The normalized spacial score (nSPS) is 25.3. The average molecular weight is 717 g/mol. The number of aryl methyl sites for hydroxylation is 2. The quantitative estimate of drug-likeness (QED) is 0.140. The number of quaternary nitrogens is 1. The Hall–Kier alpha value is -2.49. The van der Waals surface area contributed by atoms with E-state index in [0.29, 0.717) is 41.8 Å². The Balaban J connectivity index is 0.00000325. The molecule has 274 valence electrons. The largest absolute Gasteiger partial charge is 1.00 e. The number of fused-ring (bicyclic) bond motifs is 5. The zero-order valence-corrected chi connectivity index (χ0v) is 32.2. The number of anilines is 1. The summed E-state index contributed by atoms with van der Waals surface area (Å²) in [6.07, 6.45) is 8.17. The summed E-state index contributed by atoms with van der Waals surface area (Å²) >= 11 is 1.51. The van der Waals surface area contributed by atoms with E-state index in [-0.39, 0.29) is 42.5 Å². The van der Waals surface area contributed by atoms with Gasteiger partial charge in [0.1, 0.15) is 12.9 Å². The Morgan fingerprint density at radius 2 is 1.84 bits per heavy atom. The van der Waals surface area contributed by atoms with E-state index in [0.717, 1.165) is 84.5 Å². The van der Waals surface area contributed by atoms with E-state index >= 15 is 0 Å². The number of amides is 1. The lowest BCUT2D eigenvalue weighted by Crippen LogP contribution is -3.00. The molecule has 1 N–H and O–H groups in total. The monoisotopic (exact) mass is 716 g/mol. The second-order valence-electron chi connectivity index (χ2n) is 15.6. The van der Waals surface area contributed by atoms with Gasteiger partial charge in [-0.1, -0.05) is 46.3 Å². The van der Waals surface area contributed by atoms with Gasteiger partial charge in [0.25, 0.3) is 0 Å². The first-order valence-corrected chi connectivity index (χ1v) is 18.6. The zero-order valence-electron chi connectivity index (χ0n) is 30.6. The highest BCUT2D eigenvalue weighted by atomic mass is 35.5. The van der Waals surface area contributed by atoms with Crippen molar-refractivity contribution in [2.24, 2.45) is 28.3 Å². The number of carbonyl (C=O) groups excluding carboxylic acids is 2. The first-order chi connectivity index (χ1) is 22.3. The molecule has 0 aliphatic heterocycles. The van der Waals surface area contributed by atoms with Crippen molar-refractivity contribution in [3.8, 4) is 5.75 Å². The molecule has 1 heterocycles. The van der Waals surface area contributed by atoms with Gasteiger partial charge in [-0.3, -0.25) is 4.79 Å². The Kier molecular flexibility index (Phi) is 13.6. The van der Waals surface area contributed by atoms with Crippen molar-refractivity contribution in [2.45, 2.75) is 119 Å². The second-order valence-corrected chi connectivity index (χ2v) is 16.8. The number of thiazole rings is 1. The molecule has 1 amide bonds. The van der Waals surface area contributed by atoms with Crippen molar-refractivity contribution in [2.75, 3.05) is 38.6 Å². The summed E-state index contributed by atoms with van der Waals surface area (Å²) in [6, 6.07) is 4.58. The summed E-state index contributed by atoms with van der Waals surface area (Å²) in [6.45, 7) is 20.6. The van der Waals surface area contributed by atoms with Crippen molar-refractivity contribution in [1.82, 2.24) is 4.98 Å². The van der Waals surface area contributed by atoms with Crippen LogP contribution in [0.4, 0.5) is 5.13 Å². The highest BCUT2D eigenvalue weighted by Gasteiger charge is 2.57. The molecule has 2 fully saturated rings. The fourth-order valence-corrected chi connectivity index (χ4v) is 9.89. The maximum absolute atomic E-state index is 13.4. The van der Waals surface area contributed by atoms with E-state index in [9.17, 15) is 9.59 Å². The molecule has 1 aromatic carbocycles. The van der Waals surface area contributed by atoms with Gasteiger partial charge in [-0.15, -0.1) is 11.3 Å². The van der Waals surface area contributed by atoms with E-state index in [4.69, 9.17) is 9.57 Å². The number of aromatic nitrogens is 1. The van der Waals surface area contributed by atoms with E-state index in [1.165, 1.54) is 22.5 Å². The molecule has 2 aromatic rings. The van der Waals surface area contributed by atoms with E-state index in [1.54, 1.807) is 13.3 Å². The van der Waals surface area contributed by atoms with Gasteiger partial charge in [0, 0.05) is 28.5 Å². The average Bonchev–Trinajstić information content (AvgIpc) is 3.57. The SMILES string of the molecule is C.CC[N+](CC)(CC)CC(=O)Oc1cc2c(cc1C(C)(C)C)C1CC[C@]3(C)/C(=N/OC)C[C@@H](CCC(=O)Nc4ncc(C)s4)C3C1CC2.[Cl-]. The summed E-state index contributed by atoms with van der Waals surface area (Å²) in [5.74, 6) is 2.35. The topological polar surface area (TPSA) is 89.9 Å². The molecule has 5 atom stereocenters. The van der Waals surface area contributed by atoms with Crippen LogP contribution in [0.3, 0.4) is 0 Å². The summed E-state index contributed by atoms with van der Waals surface area (Å²) in [4.78, 5) is 37.2. The van der Waals surface area contributed by atoms with Gasteiger partial charge in [0.2, 0.25) is 5.91 Å². The highest BCUT2D eigenvalue weighted by Crippen LogP contribution is 2.63. The Bertz CT molecular complexity index is 1490. The molecule has 49 heavy (non-hydrogen) atoms. The molecule has 1 aromatic heterocycles. The van der Waals surface area contributed by atoms with Gasteiger partial charge in [0.05, 0.1) is 25.3 Å². The molecular formula is C39H61ClN4O4S. The number of benzene rings is 1. The lowest BCUT2D eigenvalue weighted by molar-refractivity contribution is -0.916. The number of ether oxygens (including phenoxy) is 1. The van der Waals surface area contributed by atoms with Crippen LogP contribution < -0.4 is 22.5 Å². The number of esters is 1. The number of nitrogens with zero attached hydrogens (tertiary/aromatic N) is 3. The number of likely N-dealkylation sites (N-methyl/N-ethyl adjacent to an activating group) is 1. The smallest absolute Gasteiger partial charge is 0.367 e. The first kappa shape index (κ1) is 40.9. The van der Waals surface area contributed by atoms with Crippen LogP contribution in [0.25, 0.3) is 0 Å². The molecule has 0 radical (unpaired) electrons. The van der Waals surface area contributed by atoms with Crippen LogP contribution >= 0.6 is 11.3 Å². The van der Waals surface area contributed by atoms with E-state index < -0.39 is 0 Å². The van der Waals surface area contributed by atoms with Gasteiger partial charge in [-0.2, -0.15) is 0 Å². The number of hydrogen-bond donors (Lipinski definition) is 1. The lowest BCUT2D eigenvalue weighted by atomic mass is 9.53. The predicted octanol–water partition coefficient (Wildman–Crippen LogP) is 5.67. The third-order valence-electron chi connectivity index (χ3n) is 12.0. The van der Waals surface area contributed by atoms with Crippen LogP contribution in [0.15, 0.2) is 23.5 Å². The lowest BCUT2D eigenvalue weighted by Gasteiger charge is -2.50. The highest BCUT2D eigenvalue weighted by molar-refractivity contribution is 7.15. The van der Waals surface area contributed by atoms with Crippen LogP contribution in [-0.4, -0.2) is 60.3 Å². The fraction of sp³-hybridized carbons (Fsp3) is 0.692. The van der Waals surface area contributed by atoms with Crippen LogP contribution in [0, 0.1) is 30.1 Å². The number of rotatable bonds is 11. The molecule has 3 aliphatic carbocycles. The van der Waals surface area contributed by atoms with Crippen LogP contribution in [0.2, 0.25) is 0 Å². The molecule has 10 heteroatoms. The van der Waals surface area contributed by atoms with Gasteiger partial charge in [-0.25, -0.2) is 9.78 Å². The predicted molar refractivity (Wildman–Crippen MR) is 197 cm³/mol. The van der Waals surface area contributed by atoms with Gasteiger partial charge < -0.3 is 31.8 Å². The standard InChI is InChI=1S/C38H56N4O4S.CH4.ClH/c1-10-42(11-2,12-3)23-34(44)46-31-19-25-13-15-28-27(29(25)21-30(31)37(5,6)7)17-18-38(8)32(41-45-9)20-26(35(28)38)14-16-33(43)40-36-39-22-24(4)47-36;;/h19,21-22,26-28,35H,10-18,20,23H2,1-9H3;1H4;1H/b41-32+;;/t26-,27?,28?,35?,38-;;/m1../s1. The van der Waals surface area contributed by atoms with Crippen molar-refractivity contribution in [1.29, 1.82) is 0 Å². The number of hydrogen-bond acceptors (Lipinski definition) is 7. The van der Waals surface area contributed by atoms with E-state index in [2.05, 4.69) is 76.1 Å². The molecule has 3 aliphatic rings. The third kappa shape index (κ3) is 8.36. The minimum Gasteiger partial charge on any atom is -1.00 e. The molecule has 2 saturated carbocycles. The molecule has 0 bridgehead atoms. The fourth-order valence-electron chi connectivity index (χ4n) is 9.21. The summed E-state index contributed by atoms with van der Waals surface area (Å²) in [7, 11) is 1.65. The van der Waals surface area contributed by atoms with Gasteiger partial charge in [-0.05, 0) is 112 Å². The van der Waals surface area contributed by atoms with Gasteiger partial charge in [0.15, 0.2) is 11.7 Å². The van der Waals surface area contributed by atoms with Crippen molar-refractivity contribution in [3.05, 3.63) is 39.9 Å². The zero-order chi connectivity index (χ0) is 34.1. The number of halogens is 1. The number of carbonyl (C=O) groups is 2. The molecule has 0 saturated heterocycles. The van der Waals surface area contributed by atoms with Crippen LogP contribution in [0.5, 0.6) is 5.75 Å².